The van der Waals surface area contributed by atoms with E-state index in [-0.39, 0.29) is 11.3 Å². The number of urea groups is 1. The molecule has 9 heteroatoms. The van der Waals surface area contributed by atoms with Gasteiger partial charge in [0.1, 0.15) is 11.0 Å². The third-order valence-electron chi connectivity index (χ3n) is 3.11. The van der Waals surface area contributed by atoms with Crippen LogP contribution in [0.15, 0.2) is 0 Å². The van der Waals surface area contributed by atoms with Gasteiger partial charge < -0.3 is 5.11 Å². The van der Waals surface area contributed by atoms with Crippen LogP contribution >= 0.6 is 23.1 Å². The lowest BCUT2D eigenvalue weighted by molar-refractivity contribution is -0.141. The maximum Gasteiger partial charge on any atom is 0.327 e. The molecule has 2 unspecified atom stereocenters. The second-order valence-electron chi connectivity index (χ2n) is 5.01. The summed E-state index contributed by atoms with van der Waals surface area (Å²) in [5.74, 6) is -0.403. The van der Waals surface area contributed by atoms with Crippen LogP contribution in [-0.4, -0.2) is 49.4 Å². The highest BCUT2D eigenvalue weighted by molar-refractivity contribution is 8.00. The van der Waals surface area contributed by atoms with Crippen molar-refractivity contribution in [3.05, 3.63) is 5.01 Å². The molecule has 21 heavy (non-hydrogen) atoms. The van der Waals surface area contributed by atoms with Gasteiger partial charge in [-0.1, -0.05) is 32.1 Å². The number of hydrogen-bond acceptors (Lipinski definition) is 6. The first-order chi connectivity index (χ1) is 9.93. The smallest absolute Gasteiger partial charge is 0.327 e. The molecular weight excluding hydrogens is 312 g/mol. The van der Waals surface area contributed by atoms with Gasteiger partial charge in [-0.2, -0.15) is 0 Å². The Bertz CT molecular complexity index is 534. The van der Waals surface area contributed by atoms with E-state index in [0.717, 1.165) is 11.4 Å². The Labute approximate surface area is 131 Å². The minimum Gasteiger partial charge on any atom is -0.480 e. The van der Waals surface area contributed by atoms with Gasteiger partial charge in [0.05, 0.1) is 5.37 Å². The zero-order valence-corrected chi connectivity index (χ0v) is 13.7. The average molecular weight is 330 g/mol. The van der Waals surface area contributed by atoms with Crippen LogP contribution in [0, 0.1) is 5.92 Å². The molecular formula is C12H18N4O3S2. The summed E-state index contributed by atoms with van der Waals surface area (Å²) < 4.78 is 0. The van der Waals surface area contributed by atoms with Crippen molar-refractivity contribution in [3.63, 3.8) is 0 Å². The molecule has 2 atom stereocenters. The number of amides is 2. The van der Waals surface area contributed by atoms with Gasteiger partial charge in [0.15, 0.2) is 0 Å². The van der Waals surface area contributed by atoms with Gasteiger partial charge in [0.25, 0.3) is 0 Å². The van der Waals surface area contributed by atoms with Crippen molar-refractivity contribution in [2.24, 2.45) is 5.92 Å². The van der Waals surface area contributed by atoms with Crippen molar-refractivity contribution in [1.29, 1.82) is 0 Å². The number of thioether (sulfide) groups is 1. The normalized spacial score (nSPS) is 21.8. The molecule has 1 fully saturated rings. The van der Waals surface area contributed by atoms with Crippen molar-refractivity contribution >= 4 is 40.2 Å². The number of nitrogens with zero attached hydrogens (tertiary/aromatic N) is 3. The first-order valence-corrected chi connectivity index (χ1v) is 8.56. The highest BCUT2D eigenvalue weighted by Gasteiger charge is 2.43. The Morgan fingerprint density at radius 2 is 2.19 bits per heavy atom. The van der Waals surface area contributed by atoms with E-state index in [4.69, 9.17) is 0 Å². The van der Waals surface area contributed by atoms with Gasteiger partial charge in [-0.05, 0) is 12.3 Å². The maximum absolute atomic E-state index is 12.4. The molecule has 7 nitrogen and oxygen atoms in total. The minimum atomic E-state index is -0.979. The van der Waals surface area contributed by atoms with E-state index in [9.17, 15) is 14.7 Å². The highest BCUT2D eigenvalue weighted by atomic mass is 32.2. The van der Waals surface area contributed by atoms with Gasteiger partial charge in [-0.25, -0.2) is 9.59 Å². The van der Waals surface area contributed by atoms with E-state index in [0.29, 0.717) is 10.9 Å². The quantitative estimate of drug-likeness (QED) is 0.878. The predicted molar refractivity (Wildman–Crippen MR) is 82.7 cm³/mol. The number of rotatable bonds is 4. The van der Waals surface area contributed by atoms with Gasteiger partial charge in [-0.15, -0.1) is 22.0 Å². The molecule has 0 aromatic carbocycles. The number of carbonyl (C=O) groups excluding carboxylic acids is 1. The summed E-state index contributed by atoms with van der Waals surface area (Å²) in [6.45, 7) is 5.91. The topological polar surface area (TPSA) is 95.4 Å². The number of carbonyl (C=O) groups is 2. The van der Waals surface area contributed by atoms with Crippen molar-refractivity contribution in [2.45, 2.75) is 38.6 Å². The molecule has 2 amide bonds. The molecule has 1 aliphatic rings. The molecule has 0 bridgehead atoms. The number of hydrogen-bond donors (Lipinski definition) is 2. The lowest BCUT2D eigenvalue weighted by Crippen LogP contribution is -2.49. The largest absolute Gasteiger partial charge is 0.480 e. The van der Waals surface area contributed by atoms with Crippen LogP contribution in [0.2, 0.25) is 0 Å². The molecule has 2 N–H and O–H groups in total. The number of aliphatic carboxylic acids is 1. The van der Waals surface area contributed by atoms with Crippen molar-refractivity contribution in [2.75, 3.05) is 11.1 Å². The lowest BCUT2D eigenvalue weighted by Gasteiger charge is -2.29. The molecule has 0 aliphatic carbocycles. The SMILES string of the molecule is CCc1nnc(NC(=O)N2C(C(=O)O)CSC2C(C)C)s1. The predicted octanol–water partition coefficient (Wildman–Crippen LogP) is 2.12. The second kappa shape index (κ2) is 6.61. The fourth-order valence-corrected chi connectivity index (χ4v) is 4.23. The van der Waals surface area contributed by atoms with Gasteiger partial charge >= 0.3 is 12.0 Å². The Morgan fingerprint density at radius 1 is 1.48 bits per heavy atom. The summed E-state index contributed by atoms with van der Waals surface area (Å²) in [6, 6.07) is -1.23. The van der Waals surface area contributed by atoms with Gasteiger partial charge in [-0.3, -0.25) is 10.2 Å². The summed E-state index contributed by atoms with van der Waals surface area (Å²) in [5, 5.41) is 20.9. The summed E-state index contributed by atoms with van der Waals surface area (Å²) in [4.78, 5) is 25.2. The fraction of sp³-hybridized carbons (Fsp3) is 0.667. The van der Waals surface area contributed by atoms with Gasteiger partial charge in [0, 0.05) is 5.75 Å². The molecule has 1 saturated heterocycles. The van der Waals surface area contributed by atoms with E-state index in [1.165, 1.54) is 28.0 Å². The Kier molecular flexibility index (Phi) is 5.04. The van der Waals surface area contributed by atoms with Crippen molar-refractivity contribution in [1.82, 2.24) is 15.1 Å². The third kappa shape index (κ3) is 3.46. The number of aryl methyl sites for hydroxylation is 1. The molecule has 2 rings (SSSR count). The van der Waals surface area contributed by atoms with Crippen LogP contribution in [0.25, 0.3) is 0 Å². The summed E-state index contributed by atoms with van der Waals surface area (Å²) >= 11 is 2.80. The minimum absolute atomic E-state index is 0.148. The van der Waals surface area contributed by atoms with Crippen LogP contribution in [0.4, 0.5) is 9.93 Å². The number of aromatic nitrogens is 2. The van der Waals surface area contributed by atoms with Crippen LogP contribution in [0.3, 0.4) is 0 Å². The average Bonchev–Trinajstić information content (AvgIpc) is 3.04. The fourth-order valence-electron chi connectivity index (χ4n) is 2.09. The summed E-state index contributed by atoms with van der Waals surface area (Å²) in [5.41, 5.74) is 0. The van der Waals surface area contributed by atoms with Gasteiger partial charge in [0.2, 0.25) is 5.13 Å². The molecule has 1 aliphatic heterocycles. The zero-order chi connectivity index (χ0) is 15.6. The molecule has 2 heterocycles. The first-order valence-electron chi connectivity index (χ1n) is 6.70. The van der Waals surface area contributed by atoms with Crippen molar-refractivity contribution < 1.29 is 14.7 Å². The van der Waals surface area contributed by atoms with Crippen LogP contribution < -0.4 is 5.32 Å². The number of carboxylic acid groups (broad SMARTS) is 1. The van der Waals surface area contributed by atoms with E-state index in [1.807, 2.05) is 20.8 Å². The first kappa shape index (κ1) is 16.0. The Hall–Kier alpha value is -1.35. The third-order valence-corrected chi connectivity index (χ3v) is 5.71. The summed E-state index contributed by atoms with van der Waals surface area (Å²) in [6.07, 6.45) is 0.749. The molecule has 116 valence electrons. The number of anilines is 1. The molecule has 0 radical (unpaired) electrons. The Morgan fingerprint density at radius 3 is 2.71 bits per heavy atom. The lowest BCUT2D eigenvalue weighted by atomic mass is 10.2. The molecule has 1 aromatic rings. The monoisotopic (exact) mass is 330 g/mol. The Balaban J connectivity index is 2.14. The van der Waals surface area contributed by atoms with E-state index < -0.39 is 18.0 Å². The molecule has 0 spiro atoms. The molecule has 0 saturated carbocycles. The van der Waals surface area contributed by atoms with Crippen LogP contribution in [0.1, 0.15) is 25.8 Å². The maximum atomic E-state index is 12.4. The number of nitrogens with one attached hydrogen (secondary N) is 1. The van der Waals surface area contributed by atoms with E-state index in [2.05, 4.69) is 15.5 Å². The summed E-state index contributed by atoms with van der Waals surface area (Å²) in [7, 11) is 0. The van der Waals surface area contributed by atoms with Crippen LogP contribution in [-0.2, 0) is 11.2 Å². The zero-order valence-electron chi connectivity index (χ0n) is 12.1. The standard InChI is InChI=1S/C12H18N4O3S2/c1-4-8-14-15-11(21-8)13-12(19)16-7(10(17)18)5-20-9(16)6(2)3/h6-7,9H,4-5H2,1-3H3,(H,17,18)(H,13,15,19). The second-order valence-corrected chi connectivity index (χ2v) is 7.23. The van der Waals surface area contributed by atoms with E-state index >= 15 is 0 Å². The van der Waals surface area contributed by atoms with E-state index in [1.54, 1.807) is 0 Å². The van der Waals surface area contributed by atoms with Crippen LogP contribution in [0.5, 0.6) is 0 Å². The highest BCUT2D eigenvalue weighted by Crippen LogP contribution is 2.34. The van der Waals surface area contributed by atoms with Crippen molar-refractivity contribution in [3.8, 4) is 0 Å². The molecule has 1 aromatic heterocycles. The number of carboxylic acids is 1.